The number of aliphatic hydroxyl groups is 2. The van der Waals surface area contributed by atoms with E-state index in [0.29, 0.717) is 24.7 Å². The highest BCUT2D eigenvalue weighted by Gasteiger charge is 2.21. The number of nitrogens with zero attached hydrogens (tertiary/aromatic N) is 1. The van der Waals surface area contributed by atoms with Gasteiger partial charge in [-0.05, 0) is 11.6 Å². The number of hydrogen-bond donors (Lipinski definition) is 2. The van der Waals surface area contributed by atoms with Crippen molar-refractivity contribution < 1.29 is 19.7 Å². The first kappa shape index (κ1) is 12.3. The van der Waals surface area contributed by atoms with Gasteiger partial charge in [0.2, 0.25) is 5.88 Å². The molecule has 0 spiro atoms. The lowest BCUT2D eigenvalue weighted by atomic mass is 10.00. The zero-order chi connectivity index (χ0) is 12.3. The predicted octanol–water partition coefficient (Wildman–Crippen LogP) is 0.521. The lowest BCUT2D eigenvalue weighted by molar-refractivity contribution is -0.0813. The van der Waals surface area contributed by atoms with Gasteiger partial charge in [0, 0.05) is 24.8 Å². The molecule has 1 fully saturated rings. The molecule has 0 bridgehead atoms. The van der Waals surface area contributed by atoms with Crippen LogP contribution in [-0.2, 0) is 4.74 Å². The maximum absolute atomic E-state index is 9.86. The maximum atomic E-state index is 9.86. The molecule has 1 aromatic heterocycles. The summed E-state index contributed by atoms with van der Waals surface area (Å²) < 4.78 is 10.5. The highest BCUT2D eigenvalue weighted by Crippen LogP contribution is 2.22. The third-order valence-electron chi connectivity index (χ3n) is 2.82. The Labute approximate surface area is 100 Å². The van der Waals surface area contributed by atoms with E-state index in [1.54, 1.807) is 25.3 Å². The smallest absolute Gasteiger partial charge is 0.213 e. The van der Waals surface area contributed by atoms with E-state index < -0.39 is 6.10 Å². The Hall–Kier alpha value is -1.17. The van der Waals surface area contributed by atoms with E-state index in [9.17, 15) is 5.11 Å². The minimum atomic E-state index is -0.700. The van der Waals surface area contributed by atoms with Crippen molar-refractivity contribution >= 4 is 0 Å². The molecule has 5 nitrogen and oxygen atoms in total. The minimum absolute atomic E-state index is 0.0567. The Morgan fingerprint density at radius 3 is 2.76 bits per heavy atom. The van der Waals surface area contributed by atoms with Crippen LogP contribution in [-0.4, -0.2) is 41.1 Å². The third-order valence-corrected chi connectivity index (χ3v) is 2.82. The van der Waals surface area contributed by atoms with E-state index in [2.05, 4.69) is 4.98 Å². The normalized spacial score (nSPS) is 19.5. The monoisotopic (exact) mass is 239 g/mol. The van der Waals surface area contributed by atoms with Crippen molar-refractivity contribution in [2.45, 2.75) is 19.1 Å². The van der Waals surface area contributed by atoms with Crippen LogP contribution >= 0.6 is 0 Å². The fourth-order valence-corrected chi connectivity index (χ4v) is 1.52. The molecule has 0 aliphatic carbocycles. The van der Waals surface area contributed by atoms with Gasteiger partial charge in [-0.2, -0.15) is 0 Å². The SMILES string of the molecule is C[C@H](CO)C(O)c1ccc(OC2COC2)nc1. The summed E-state index contributed by atoms with van der Waals surface area (Å²) in [5, 5.41) is 18.8. The number of ether oxygens (including phenoxy) is 2. The molecule has 1 unspecified atom stereocenters. The van der Waals surface area contributed by atoms with Gasteiger partial charge in [-0.3, -0.25) is 0 Å². The number of rotatable bonds is 5. The van der Waals surface area contributed by atoms with E-state index in [-0.39, 0.29) is 18.6 Å². The van der Waals surface area contributed by atoms with Crippen molar-refractivity contribution in [2.24, 2.45) is 5.92 Å². The zero-order valence-electron chi connectivity index (χ0n) is 9.74. The Bertz CT molecular complexity index is 350. The van der Waals surface area contributed by atoms with Crippen LogP contribution in [0.4, 0.5) is 0 Å². The molecule has 1 aliphatic rings. The first-order valence-electron chi connectivity index (χ1n) is 5.70. The van der Waals surface area contributed by atoms with Gasteiger partial charge in [0.15, 0.2) is 0 Å². The highest BCUT2D eigenvalue weighted by atomic mass is 16.6. The quantitative estimate of drug-likeness (QED) is 0.783. The van der Waals surface area contributed by atoms with Crippen LogP contribution in [0.3, 0.4) is 0 Å². The van der Waals surface area contributed by atoms with E-state index in [4.69, 9.17) is 14.6 Å². The Morgan fingerprint density at radius 1 is 1.53 bits per heavy atom. The molecule has 17 heavy (non-hydrogen) atoms. The molecule has 2 N–H and O–H groups in total. The van der Waals surface area contributed by atoms with Gasteiger partial charge in [-0.25, -0.2) is 4.98 Å². The second-order valence-electron chi connectivity index (χ2n) is 4.31. The number of aromatic nitrogens is 1. The van der Waals surface area contributed by atoms with Crippen molar-refractivity contribution in [2.75, 3.05) is 19.8 Å². The molecule has 1 saturated heterocycles. The molecule has 1 aliphatic heterocycles. The van der Waals surface area contributed by atoms with Gasteiger partial charge in [0.1, 0.15) is 6.10 Å². The van der Waals surface area contributed by atoms with Crippen LogP contribution in [0.1, 0.15) is 18.6 Å². The fraction of sp³-hybridized carbons (Fsp3) is 0.583. The van der Waals surface area contributed by atoms with Crippen molar-refractivity contribution in [1.29, 1.82) is 0 Å². The molecule has 94 valence electrons. The van der Waals surface area contributed by atoms with E-state index in [0.717, 1.165) is 0 Å². The van der Waals surface area contributed by atoms with E-state index >= 15 is 0 Å². The number of pyridine rings is 1. The van der Waals surface area contributed by atoms with Gasteiger partial charge >= 0.3 is 0 Å². The largest absolute Gasteiger partial charge is 0.469 e. The van der Waals surface area contributed by atoms with Crippen molar-refractivity contribution in [3.8, 4) is 5.88 Å². The van der Waals surface area contributed by atoms with Crippen molar-refractivity contribution in [3.63, 3.8) is 0 Å². The maximum Gasteiger partial charge on any atom is 0.213 e. The van der Waals surface area contributed by atoms with Crippen molar-refractivity contribution in [1.82, 2.24) is 4.98 Å². The molecule has 2 atom stereocenters. The van der Waals surface area contributed by atoms with Gasteiger partial charge < -0.3 is 19.7 Å². The van der Waals surface area contributed by atoms with Crippen LogP contribution in [0.5, 0.6) is 5.88 Å². The average molecular weight is 239 g/mol. The average Bonchev–Trinajstić information content (AvgIpc) is 2.32. The molecule has 2 rings (SSSR count). The van der Waals surface area contributed by atoms with E-state index in [1.807, 2.05) is 0 Å². The molecule has 5 heteroatoms. The minimum Gasteiger partial charge on any atom is -0.469 e. The molecule has 0 aromatic carbocycles. The first-order chi connectivity index (χ1) is 8.20. The molecule has 0 saturated carbocycles. The molecule has 1 aromatic rings. The summed E-state index contributed by atoms with van der Waals surface area (Å²) in [6, 6.07) is 3.49. The summed E-state index contributed by atoms with van der Waals surface area (Å²) >= 11 is 0. The Kier molecular flexibility index (Phi) is 3.93. The standard InChI is InChI=1S/C12H17NO4/c1-8(5-14)12(15)9-2-3-11(13-4-9)17-10-6-16-7-10/h2-4,8,10,12,14-15H,5-7H2,1H3/t8-,12?/m1/s1. The summed E-state index contributed by atoms with van der Waals surface area (Å²) in [6.45, 7) is 2.93. The topological polar surface area (TPSA) is 71.8 Å². The van der Waals surface area contributed by atoms with Crippen LogP contribution in [0.2, 0.25) is 0 Å². The summed E-state index contributed by atoms with van der Waals surface area (Å²) in [4.78, 5) is 4.12. The zero-order valence-corrected chi connectivity index (χ0v) is 9.74. The van der Waals surface area contributed by atoms with E-state index in [1.165, 1.54) is 0 Å². The molecular weight excluding hydrogens is 222 g/mol. The summed E-state index contributed by atoms with van der Waals surface area (Å²) in [7, 11) is 0. The van der Waals surface area contributed by atoms with Crippen molar-refractivity contribution in [3.05, 3.63) is 23.9 Å². The summed E-state index contributed by atoms with van der Waals surface area (Å²) in [6.07, 6.45) is 0.967. The van der Waals surface area contributed by atoms with Crippen LogP contribution in [0.15, 0.2) is 18.3 Å². The predicted molar refractivity (Wildman–Crippen MR) is 60.7 cm³/mol. The molecule has 0 amide bonds. The van der Waals surface area contributed by atoms with Gasteiger partial charge in [0.05, 0.1) is 19.3 Å². The highest BCUT2D eigenvalue weighted by molar-refractivity contribution is 5.20. The summed E-state index contributed by atoms with van der Waals surface area (Å²) in [5.41, 5.74) is 0.684. The number of aliphatic hydroxyl groups excluding tert-OH is 2. The molecular formula is C12H17NO4. The fourth-order valence-electron chi connectivity index (χ4n) is 1.52. The summed E-state index contributed by atoms with van der Waals surface area (Å²) in [5.74, 6) is 0.328. The van der Waals surface area contributed by atoms with Crippen LogP contribution in [0, 0.1) is 5.92 Å². The molecule has 2 heterocycles. The third kappa shape index (κ3) is 2.94. The Morgan fingerprint density at radius 2 is 2.29 bits per heavy atom. The van der Waals surface area contributed by atoms with Crippen LogP contribution in [0.25, 0.3) is 0 Å². The van der Waals surface area contributed by atoms with Gasteiger partial charge in [-0.15, -0.1) is 0 Å². The van der Waals surface area contributed by atoms with Gasteiger partial charge in [0.25, 0.3) is 0 Å². The second-order valence-corrected chi connectivity index (χ2v) is 4.31. The Balaban J connectivity index is 1.96. The van der Waals surface area contributed by atoms with Crippen LogP contribution < -0.4 is 4.74 Å². The van der Waals surface area contributed by atoms with Gasteiger partial charge in [-0.1, -0.05) is 6.92 Å². The second kappa shape index (κ2) is 5.44. The first-order valence-corrected chi connectivity index (χ1v) is 5.70. The number of hydrogen-bond acceptors (Lipinski definition) is 5. The lowest BCUT2D eigenvalue weighted by Gasteiger charge is -2.26. The molecule has 0 radical (unpaired) electrons. The lowest BCUT2D eigenvalue weighted by Crippen LogP contribution is -2.38.